The molecule has 2 amide bonds. The molecule has 1 fully saturated rings. The summed E-state index contributed by atoms with van der Waals surface area (Å²) in [7, 11) is 0. The monoisotopic (exact) mass is 367 g/mol. The minimum atomic E-state index is -0.535. The zero-order valence-corrected chi connectivity index (χ0v) is 15.3. The van der Waals surface area contributed by atoms with Crippen LogP contribution in [0.5, 0.6) is 0 Å². The Morgan fingerprint density at radius 1 is 1.38 bits per heavy atom. The third-order valence-corrected chi connectivity index (χ3v) is 4.52. The molecule has 0 bridgehead atoms. The average molecular weight is 367 g/mol. The number of carbonyl (C=O) groups excluding carboxylic acids is 2. The fourth-order valence-electron chi connectivity index (χ4n) is 3.19. The maximum absolute atomic E-state index is 12.4. The van der Waals surface area contributed by atoms with E-state index >= 15 is 0 Å². The van der Waals surface area contributed by atoms with Gasteiger partial charge in [0.25, 0.3) is 0 Å². The number of aromatic nitrogens is 3. The van der Waals surface area contributed by atoms with Gasteiger partial charge in [0.2, 0.25) is 11.8 Å². The summed E-state index contributed by atoms with van der Waals surface area (Å²) in [6.07, 6.45) is 6.80. The van der Waals surface area contributed by atoms with Crippen LogP contribution < -0.4 is 10.6 Å². The lowest BCUT2D eigenvalue weighted by molar-refractivity contribution is -0.130. The number of ether oxygens (including phenoxy) is 1. The summed E-state index contributed by atoms with van der Waals surface area (Å²) >= 11 is 0. The Labute approximate surface area is 153 Å². The molecule has 2 rings (SSSR count). The van der Waals surface area contributed by atoms with Crippen LogP contribution in [0.2, 0.25) is 0 Å². The Morgan fingerprint density at radius 2 is 2.23 bits per heavy atom. The Balaban J connectivity index is 1.77. The molecule has 1 heterocycles. The van der Waals surface area contributed by atoms with Crippen molar-refractivity contribution < 1.29 is 19.4 Å². The zero-order chi connectivity index (χ0) is 18.8. The Bertz CT molecular complexity index is 551. The van der Waals surface area contributed by atoms with Crippen molar-refractivity contribution in [2.45, 2.75) is 57.7 Å². The molecule has 0 unspecified atom stereocenters. The summed E-state index contributed by atoms with van der Waals surface area (Å²) in [6, 6.07) is -0.155. The number of aliphatic hydroxyl groups excluding tert-OH is 1. The Kier molecular flexibility index (Phi) is 8.49. The van der Waals surface area contributed by atoms with Gasteiger partial charge in [0.05, 0.1) is 18.3 Å². The molecular formula is C17H29N5O4. The number of nitrogens with zero attached hydrogens (tertiary/aromatic N) is 3. The highest BCUT2D eigenvalue weighted by atomic mass is 16.5. The first-order valence-electron chi connectivity index (χ1n) is 9.27. The molecule has 0 aliphatic heterocycles. The van der Waals surface area contributed by atoms with E-state index in [1.54, 1.807) is 17.1 Å². The summed E-state index contributed by atoms with van der Waals surface area (Å²) in [5.74, 6) is -0.498. The summed E-state index contributed by atoms with van der Waals surface area (Å²) in [5.41, 5.74) is 0. The van der Waals surface area contributed by atoms with Gasteiger partial charge in [-0.15, -0.1) is 5.10 Å². The summed E-state index contributed by atoms with van der Waals surface area (Å²) in [4.78, 5) is 23.9. The van der Waals surface area contributed by atoms with Crippen molar-refractivity contribution in [3.8, 4) is 0 Å². The van der Waals surface area contributed by atoms with E-state index in [9.17, 15) is 9.59 Å². The maximum Gasteiger partial charge on any atom is 0.246 e. The molecule has 1 saturated carbocycles. The van der Waals surface area contributed by atoms with Gasteiger partial charge < -0.3 is 20.5 Å². The van der Waals surface area contributed by atoms with Crippen LogP contribution in [0.15, 0.2) is 12.4 Å². The van der Waals surface area contributed by atoms with E-state index in [-0.39, 0.29) is 24.0 Å². The van der Waals surface area contributed by atoms with E-state index in [0.717, 1.165) is 12.8 Å². The average Bonchev–Trinajstić information content (AvgIpc) is 3.17. The summed E-state index contributed by atoms with van der Waals surface area (Å²) in [6.45, 7) is 3.36. The SMILES string of the molecule is CCCO[C@@H]1C[C@@H](C(=O)NCCCn2ccnn2)CC[C@H]1NC(=O)CO. The first-order chi connectivity index (χ1) is 12.6. The summed E-state index contributed by atoms with van der Waals surface area (Å²) in [5, 5.41) is 22.3. The molecule has 146 valence electrons. The third kappa shape index (κ3) is 6.38. The van der Waals surface area contributed by atoms with Crippen LogP contribution in [0.1, 0.15) is 39.0 Å². The minimum Gasteiger partial charge on any atom is -0.387 e. The van der Waals surface area contributed by atoms with Gasteiger partial charge in [0.15, 0.2) is 0 Å². The van der Waals surface area contributed by atoms with Gasteiger partial charge in [0, 0.05) is 31.8 Å². The van der Waals surface area contributed by atoms with Crippen molar-refractivity contribution in [2.75, 3.05) is 19.8 Å². The van der Waals surface area contributed by atoms with E-state index < -0.39 is 12.5 Å². The van der Waals surface area contributed by atoms with Crippen molar-refractivity contribution in [1.29, 1.82) is 0 Å². The Morgan fingerprint density at radius 3 is 2.92 bits per heavy atom. The van der Waals surface area contributed by atoms with Crippen LogP contribution >= 0.6 is 0 Å². The number of rotatable bonds is 10. The molecule has 1 aromatic rings. The molecule has 9 nitrogen and oxygen atoms in total. The van der Waals surface area contributed by atoms with Crippen molar-refractivity contribution in [3.63, 3.8) is 0 Å². The highest BCUT2D eigenvalue weighted by Crippen LogP contribution is 2.27. The molecule has 0 spiro atoms. The highest BCUT2D eigenvalue weighted by molar-refractivity contribution is 5.79. The molecule has 26 heavy (non-hydrogen) atoms. The van der Waals surface area contributed by atoms with Gasteiger partial charge in [0.1, 0.15) is 6.61 Å². The second kappa shape index (κ2) is 10.9. The van der Waals surface area contributed by atoms with E-state index in [4.69, 9.17) is 9.84 Å². The van der Waals surface area contributed by atoms with Crippen LogP contribution in [-0.2, 0) is 20.9 Å². The first kappa shape index (κ1) is 20.3. The van der Waals surface area contributed by atoms with Crippen LogP contribution in [0.3, 0.4) is 0 Å². The van der Waals surface area contributed by atoms with Gasteiger partial charge in [-0.1, -0.05) is 12.1 Å². The van der Waals surface area contributed by atoms with Gasteiger partial charge in [-0.25, -0.2) is 0 Å². The van der Waals surface area contributed by atoms with Crippen molar-refractivity contribution in [3.05, 3.63) is 12.4 Å². The Hall–Kier alpha value is -2.00. The lowest BCUT2D eigenvalue weighted by Crippen LogP contribution is -2.50. The lowest BCUT2D eigenvalue weighted by Gasteiger charge is -2.35. The normalized spacial score (nSPS) is 22.8. The fourth-order valence-corrected chi connectivity index (χ4v) is 3.19. The van der Waals surface area contributed by atoms with E-state index in [0.29, 0.717) is 39.0 Å². The molecule has 3 N–H and O–H groups in total. The molecule has 1 aromatic heterocycles. The molecular weight excluding hydrogens is 338 g/mol. The minimum absolute atomic E-state index is 0.0284. The maximum atomic E-state index is 12.4. The first-order valence-corrected chi connectivity index (χ1v) is 9.27. The molecule has 1 aliphatic rings. The van der Waals surface area contributed by atoms with E-state index in [1.165, 1.54) is 0 Å². The number of nitrogens with one attached hydrogen (secondary N) is 2. The van der Waals surface area contributed by atoms with Crippen molar-refractivity contribution >= 4 is 11.8 Å². The predicted octanol–water partition coefficient (Wildman–Crippen LogP) is -0.143. The third-order valence-electron chi connectivity index (χ3n) is 4.52. The molecule has 0 aromatic carbocycles. The summed E-state index contributed by atoms with van der Waals surface area (Å²) < 4.78 is 7.58. The molecule has 0 saturated heterocycles. The van der Waals surface area contributed by atoms with E-state index in [2.05, 4.69) is 20.9 Å². The quantitative estimate of drug-likeness (QED) is 0.495. The zero-order valence-electron chi connectivity index (χ0n) is 15.3. The number of hydrogen-bond acceptors (Lipinski definition) is 6. The van der Waals surface area contributed by atoms with Gasteiger partial charge >= 0.3 is 0 Å². The van der Waals surface area contributed by atoms with Gasteiger partial charge in [-0.05, 0) is 32.1 Å². The predicted molar refractivity (Wildman–Crippen MR) is 94.0 cm³/mol. The lowest BCUT2D eigenvalue weighted by atomic mass is 9.83. The van der Waals surface area contributed by atoms with Crippen LogP contribution in [0.4, 0.5) is 0 Å². The van der Waals surface area contributed by atoms with E-state index in [1.807, 2.05) is 6.92 Å². The molecule has 3 atom stereocenters. The number of amides is 2. The second-order valence-corrected chi connectivity index (χ2v) is 6.56. The smallest absolute Gasteiger partial charge is 0.246 e. The number of aryl methyl sites for hydroxylation is 1. The fraction of sp³-hybridized carbons (Fsp3) is 0.765. The number of aliphatic hydroxyl groups is 1. The highest BCUT2D eigenvalue weighted by Gasteiger charge is 2.35. The topological polar surface area (TPSA) is 118 Å². The molecule has 9 heteroatoms. The van der Waals surface area contributed by atoms with Crippen LogP contribution in [0.25, 0.3) is 0 Å². The van der Waals surface area contributed by atoms with Crippen LogP contribution in [-0.4, -0.2) is 63.8 Å². The molecule has 1 aliphatic carbocycles. The van der Waals surface area contributed by atoms with Crippen molar-refractivity contribution in [1.82, 2.24) is 25.6 Å². The standard InChI is InChI=1S/C17H29N5O4/c1-2-10-26-15-11-13(4-5-14(15)20-16(24)12-23)17(25)18-6-3-8-22-9-7-19-21-22/h7,9,13-15,23H,2-6,8,10-12H2,1H3,(H,18,25)(H,20,24)/t13-,14+,15+/m0/s1. The van der Waals surface area contributed by atoms with Gasteiger partial charge in [-0.2, -0.15) is 0 Å². The number of hydrogen-bond donors (Lipinski definition) is 3. The second-order valence-electron chi connectivity index (χ2n) is 6.56. The number of carbonyl (C=O) groups is 2. The largest absolute Gasteiger partial charge is 0.387 e. The molecule has 0 radical (unpaired) electrons. The van der Waals surface area contributed by atoms with Crippen LogP contribution in [0, 0.1) is 5.92 Å². The van der Waals surface area contributed by atoms with Crippen molar-refractivity contribution in [2.24, 2.45) is 5.92 Å². The van der Waals surface area contributed by atoms with Gasteiger partial charge in [-0.3, -0.25) is 14.3 Å².